The number of nitrogens with one attached hydrogen (secondary N) is 2. The number of pyridine rings is 1. The van der Waals surface area contributed by atoms with Crippen LogP contribution < -0.4 is 16.2 Å². The number of nitriles is 1. The predicted molar refractivity (Wildman–Crippen MR) is 83.5 cm³/mol. The van der Waals surface area contributed by atoms with Gasteiger partial charge >= 0.3 is 6.03 Å². The molecule has 1 aromatic rings. The van der Waals surface area contributed by atoms with E-state index in [1.54, 1.807) is 0 Å². The van der Waals surface area contributed by atoms with E-state index in [9.17, 15) is 14.4 Å². The minimum Gasteiger partial charge on any atom is -0.335 e. The van der Waals surface area contributed by atoms with Gasteiger partial charge in [0.15, 0.2) is 0 Å². The van der Waals surface area contributed by atoms with E-state index < -0.39 is 17.5 Å². The lowest BCUT2D eigenvalue weighted by molar-refractivity contribution is -0.120. The molecule has 0 radical (unpaired) electrons. The van der Waals surface area contributed by atoms with Crippen molar-refractivity contribution >= 4 is 11.9 Å². The maximum atomic E-state index is 11.9. The molecule has 0 bridgehead atoms. The number of nitrogens with zero attached hydrogens (tertiary/aromatic N) is 2. The van der Waals surface area contributed by atoms with Crippen molar-refractivity contribution in [3.8, 4) is 6.07 Å². The molecule has 3 amide bonds. The molecule has 2 rings (SSSR count). The highest BCUT2D eigenvalue weighted by Gasteiger charge is 2.23. The summed E-state index contributed by atoms with van der Waals surface area (Å²) in [4.78, 5) is 35.4. The third-order valence-corrected chi connectivity index (χ3v) is 4.11. The molecule has 7 heteroatoms. The van der Waals surface area contributed by atoms with Crippen molar-refractivity contribution in [2.24, 2.45) is 5.92 Å². The van der Waals surface area contributed by atoms with Gasteiger partial charge in [0, 0.05) is 18.3 Å². The standard InChI is InChI=1S/C16H20N4O3/c1-11-4-2-3-5-13(11)18-16(23)19-14(21)10-20-9-12(8-17)6-7-15(20)22/h6-7,9,11,13H,2-5,10H2,1H3,(H2,18,19,21,23)/t11-,13-/m0/s1. The zero-order chi connectivity index (χ0) is 16.8. The molecule has 0 aromatic carbocycles. The first-order valence-electron chi connectivity index (χ1n) is 7.70. The normalized spacial score (nSPS) is 20.3. The third kappa shape index (κ3) is 4.68. The quantitative estimate of drug-likeness (QED) is 0.872. The van der Waals surface area contributed by atoms with Crippen LogP contribution in [-0.2, 0) is 11.3 Å². The highest BCUT2D eigenvalue weighted by Crippen LogP contribution is 2.23. The Hall–Kier alpha value is -2.62. The molecule has 1 aliphatic carbocycles. The molecule has 7 nitrogen and oxygen atoms in total. The van der Waals surface area contributed by atoms with Gasteiger partial charge in [-0.05, 0) is 24.8 Å². The van der Waals surface area contributed by atoms with Gasteiger partial charge in [0.05, 0.1) is 5.56 Å². The first-order chi connectivity index (χ1) is 11.0. The number of hydrogen-bond acceptors (Lipinski definition) is 4. The summed E-state index contributed by atoms with van der Waals surface area (Å²) in [5.74, 6) is -0.206. The van der Waals surface area contributed by atoms with Crippen molar-refractivity contribution in [1.82, 2.24) is 15.2 Å². The predicted octanol–water partition coefficient (Wildman–Crippen LogP) is 1.12. The van der Waals surface area contributed by atoms with Crippen molar-refractivity contribution in [1.29, 1.82) is 5.26 Å². The molecule has 1 saturated carbocycles. The van der Waals surface area contributed by atoms with Crippen molar-refractivity contribution in [3.05, 3.63) is 34.2 Å². The molecule has 0 saturated heterocycles. The minimum atomic E-state index is -0.594. The molecule has 2 atom stereocenters. The topological polar surface area (TPSA) is 104 Å². The van der Waals surface area contributed by atoms with Crippen LogP contribution in [0.3, 0.4) is 0 Å². The highest BCUT2D eigenvalue weighted by atomic mass is 16.2. The number of urea groups is 1. The minimum absolute atomic E-state index is 0.0705. The van der Waals surface area contributed by atoms with E-state index in [1.807, 2.05) is 6.07 Å². The molecule has 1 aromatic heterocycles. The summed E-state index contributed by atoms with van der Waals surface area (Å²) in [6, 6.07) is 4.02. The molecule has 23 heavy (non-hydrogen) atoms. The first kappa shape index (κ1) is 16.7. The van der Waals surface area contributed by atoms with Crippen LogP contribution in [0.15, 0.2) is 23.1 Å². The molecule has 1 aliphatic rings. The summed E-state index contributed by atoms with van der Waals surface area (Å²) in [5.41, 5.74) is -0.127. The molecular formula is C16H20N4O3. The smallest absolute Gasteiger partial charge is 0.321 e. The van der Waals surface area contributed by atoms with Crippen LogP contribution in [0.1, 0.15) is 38.2 Å². The summed E-state index contributed by atoms with van der Waals surface area (Å²) in [5, 5.41) is 13.9. The van der Waals surface area contributed by atoms with Crippen molar-refractivity contribution < 1.29 is 9.59 Å². The number of imide groups is 1. The van der Waals surface area contributed by atoms with Gasteiger partial charge in [-0.2, -0.15) is 5.26 Å². The van der Waals surface area contributed by atoms with Crippen LogP contribution in [0.4, 0.5) is 4.79 Å². The number of rotatable bonds is 3. The van der Waals surface area contributed by atoms with Gasteiger partial charge in [0.2, 0.25) is 5.91 Å². The molecule has 0 aliphatic heterocycles. The Bertz CT molecular complexity index is 689. The lowest BCUT2D eigenvalue weighted by Gasteiger charge is -2.29. The SMILES string of the molecule is C[C@H]1CCCC[C@@H]1NC(=O)NC(=O)Cn1cc(C#N)ccc1=O. The van der Waals surface area contributed by atoms with Gasteiger partial charge in [-0.3, -0.25) is 14.9 Å². The monoisotopic (exact) mass is 316 g/mol. The summed E-state index contributed by atoms with van der Waals surface area (Å²) >= 11 is 0. The zero-order valence-corrected chi connectivity index (χ0v) is 13.0. The second kappa shape index (κ2) is 7.58. The summed E-state index contributed by atoms with van der Waals surface area (Å²) in [6.07, 6.45) is 5.50. The average Bonchev–Trinajstić information content (AvgIpc) is 2.51. The Morgan fingerprint density at radius 1 is 1.35 bits per heavy atom. The van der Waals surface area contributed by atoms with Gasteiger partial charge in [-0.1, -0.05) is 19.8 Å². The van der Waals surface area contributed by atoms with Gasteiger partial charge in [-0.15, -0.1) is 0 Å². The molecule has 0 unspecified atom stereocenters. The first-order valence-corrected chi connectivity index (χ1v) is 7.70. The fraction of sp³-hybridized carbons (Fsp3) is 0.500. The van der Waals surface area contributed by atoms with Crippen molar-refractivity contribution in [3.63, 3.8) is 0 Å². The third-order valence-electron chi connectivity index (χ3n) is 4.11. The van der Waals surface area contributed by atoms with Gasteiger partial charge in [-0.25, -0.2) is 4.79 Å². The second-order valence-corrected chi connectivity index (χ2v) is 5.89. The Labute approximate surface area is 134 Å². The van der Waals surface area contributed by atoms with Crippen LogP contribution in [0.25, 0.3) is 0 Å². The number of amides is 3. The van der Waals surface area contributed by atoms with Gasteiger partial charge in [0.1, 0.15) is 12.6 Å². The summed E-state index contributed by atoms with van der Waals surface area (Å²) < 4.78 is 1.10. The molecule has 0 spiro atoms. The molecule has 1 heterocycles. The van der Waals surface area contributed by atoms with Crippen LogP contribution in [-0.4, -0.2) is 22.5 Å². The zero-order valence-electron chi connectivity index (χ0n) is 13.0. The molecular weight excluding hydrogens is 296 g/mol. The van der Waals surface area contributed by atoms with Crippen LogP contribution >= 0.6 is 0 Å². The van der Waals surface area contributed by atoms with Gasteiger partial charge in [0.25, 0.3) is 5.56 Å². The van der Waals surface area contributed by atoms with E-state index in [2.05, 4.69) is 17.6 Å². The highest BCUT2D eigenvalue weighted by molar-refractivity contribution is 5.94. The van der Waals surface area contributed by atoms with Gasteiger partial charge < -0.3 is 9.88 Å². The maximum absolute atomic E-state index is 11.9. The molecule has 122 valence electrons. The Morgan fingerprint density at radius 3 is 2.78 bits per heavy atom. The fourth-order valence-electron chi connectivity index (χ4n) is 2.78. The van der Waals surface area contributed by atoms with E-state index in [-0.39, 0.29) is 18.2 Å². The van der Waals surface area contributed by atoms with E-state index in [0.29, 0.717) is 5.92 Å². The van der Waals surface area contributed by atoms with E-state index in [0.717, 1.165) is 30.3 Å². The second-order valence-electron chi connectivity index (χ2n) is 5.89. The summed E-state index contributed by atoms with van der Waals surface area (Å²) in [6.45, 7) is 1.78. The number of hydrogen-bond donors (Lipinski definition) is 2. The van der Waals surface area contributed by atoms with Crippen LogP contribution in [0.2, 0.25) is 0 Å². The number of carbonyl (C=O) groups is 2. The Kier molecular flexibility index (Phi) is 5.52. The molecule has 2 N–H and O–H groups in total. The fourth-order valence-corrected chi connectivity index (χ4v) is 2.78. The van der Waals surface area contributed by atoms with Crippen LogP contribution in [0.5, 0.6) is 0 Å². The van der Waals surface area contributed by atoms with E-state index >= 15 is 0 Å². The lowest BCUT2D eigenvalue weighted by atomic mass is 9.86. The number of aromatic nitrogens is 1. The Morgan fingerprint density at radius 2 is 2.09 bits per heavy atom. The Balaban J connectivity index is 1.90. The largest absolute Gasteiger partial charge is 0.335 e. The van der Waals surface area contributed by atoms with E-state index in [4.69, 9.17) is 5.26 Å². The number of carbonyl (C=O) groups excluding carboxylic acids is 2. The van der Waals surface area contributed by atoms with Crippen molar-refractivity contribution in [2.75, 3.05) is 0 Å². The lowest BCUT2D eigenvalue weighted by Crippen LogP contribution is -2.48. The molecule has 1 fully saturated rings. The van der Waals surface area contributed by atoms with E-state index in [1.165, 1.54) is 18.3 Å². The van der Waals surface area contributed by atoms with Crippen molar-refractivity contribution in [2.45, 2.75) is 45.2 Å². The average molecular weight is 316 g/mol. The van der Waals surface area contributed by atoms with Crippen LogP contribution in [0, 0.1) is 17.2 Å². The summed E-state index contributed by atoms with van der Waals surface area (Å²) in [7, 11) is 0. The maximum Gasteiger partial charge on any atom is 0.321 e.